The highest BCUT2D eigenvalue weighted by Crippen LogP contribution is 2.33. The van der Waals surface area contributed by atoms with Crippen molar-refractivity contribution in [3.63, 3.8) is 0 Å². The average molecular weight is 381 g/mol. The number of rotatable bonds is 6. The smallest absolute Gasteiger partial charge is 0.127 e. The van der Waals surface area contributed by atoms with Gasteiger partial charge in [0.05, 0.1) is 11.5 Å². The second kappa shape index (κ2) is 7.99. The van der Waals surface area contributed by atoms with E-state index < -0.39 is 0 Å². The first-order valence-electron chi connectivity index (χ1n) is 9.68. The molecule has 2 nitrogen and oxygen atoms in total. The SMILES string of the molecule is CC(C)c1cccc([Si]C(c2ccccc2)(c2ccccc2)n2ccnc2)c1. The third-order valence-corrected chi connectivity index (χ3v) is 6.95. The Morgan fingerprint density at radius 2 is 1.46 bits per heavy atom. The molecule has 4 rings (SSSR count). The predicted octanol–water partition coefficient (Wildman–Crippen LogP) is 4.79. The van der Waals surface area contributed by atoms with E-state index in [0.717, 1.165) is 0 Å². The summed E-state index contributed by atoms with van der Waals surface area (Å²) in [6, 6.07) is 30.6. The molecule has 0 unspecified atom stereocenters. The van der Waals surface area contributed by atoms with Crippen molar-refractivity contribution in [1.29, 1.82) is 0 Å². The van der Waals surface area contributed by atoms with Crippen molar-refractivity contribution in [1.82, 2.24) is 9.55 Å². The highest BCUT2D eigenvalue weighted by Gasteiger charge is 2.37. The zero-order valence-corrected chi connectivity index (χ0v) is 17.3. The van der Waals surface area contributed by atoms with Crippen LogP contribution in [0.15, 0.2) is 104 Å². The predicted molar refractivity (Wildman–Crippen MR) is 117 cm³/mol. The summed E-state index contributed by atoms with van der Waals surface area (Å²) in [4.78, 5) is 4.39. The highest BCUT2D eigenvalue weighted by atomic mass is 28.2. The van der Waals surface area contributed by atoms with E-state index in [1.54, 1.807) is 0 Å². The van der Waals surface area contributed by atoms with Crippen LogP contribution < -0.4 is 5.19 Å². The minimum atomic E-state index is -0.325. The molecule has 1 heterocycles. The highest BCUT2D eigenvalue weighted by molar-refractivity contribution is 6.57. The standard InChI is InChI=1S/C25H24N2Si/c1-20(2)21-10-9-15-24(18-21)28-25(27-17-16-26-19-27,22-11-5-3-6-12-22)23-13-7-4-8-14-23/h3-20H,1-2H3. The molecule has 1 aromatic heterocycles. The third kappa shape index (κ3) is 3.46. The third-order valence-electron chi connectivity index (χ3n) is 5.15. The van der Waals surface area contributed by atoms with Crippen molar-refractivity contribution in [2.75, 3.05) is 0 Å². The van der Waals surface area contributed by atoms with Crippen LogP contribution in [0.2, 0.25) is 0 Å². The summed E-state index contributed by atoms with van der Waals surface area (Å²) < 4.78 is 2.26. The van der Waals surface area contributed by atoms with Crippen molar-refractivity contribution in [2.45, 2.75) is 24.9 Å². The summed E-state index contributed by atoms with van der Waals surface area (Å²) in [7, 11) is 0.527. The van der Waals surface area contributed by atoms with Gasteiger partial charge in [-0.25, -0.2) is 4.98 Å². The Hall–Kier alpha value is -2.91. The maximum Gasteiger partial charge on any atom is 0.127 e. The van der Waals surface area contributed by atoms with Crippen LogP contribution in [0.4, 0.5) is 0 Å². The van der Waals surface area contributed by atoms with Gasteiger partial charge in [-0.15, -0.1) is 0 Å². The lowest BCUT2D eigenvalue weighted by atomic mass is 9.97. The van der Waals surface area contributed by atoms with Crippen molar-refractivity contribution in [3.8, 4) is 0 Å². The average Bonchev–Trinajstić information content (AvgIpc) is 3.29. The Morgan fingerprint density at radius 1 is 0.821 bits per heavy atom. The molecule has 0 spiro atoms. The van der Waals surface area contributed by atoms with Gasteiger partial charge in [0.15, 0.2) is 0 Å². The van der Waals surface area contributed by atoms with E-state index in [0.29, 0.717) is 15.4 Å². The van der Waals surface area contributed by atoms with Crippen LogP contribution in [-0.4, -0.2) is 19.1 Å². The molecule has 0 bridgehead atoms. The van der Waals surface area contributed by atoms with Crippen LogP contribution in [0, 0.1) is 0 Å². The molecule has 0 aliphatic heterocycles. The molecule has 0 aliphatic rings. The molecule has 0 aliphatic carbocycles. The van der Waals surface area contributed by atoms with Crippen LogP contribution in [-0.2, 0) is 5.16 Å². The lowest BCUT2D eigenvalue weighted by Gasteiger charge is -2.36. The molecule has 0 saturated heterocycles. The summed E-state index contributed by atoms with van der Waals surface area (Å²) in [5.74, 6) is 0.515. The summed E-state index contributed by atoms with van der Waals surface area (Å²) >= 11 is 0. The fourth-order valence-electron chi connectivity index (χ4n) is 3.67. The summed E-state index contributed by atoms with van der Waals surface area (Å²) in [6.45, 7) is 4.50. The molecule has 0 saturated carbocycles. The number of hydrogen-bond donors (Lipinski definition) is 0. The van der Waals surface area contributed by atoms with E-state index in [9.17, 15) is 0 Å². The zero-order chi connectivity index (χ0) is 19.4. The number of nitrogens with zero attached hydrogens (tertiary/aromatic N) is 2. The summed E-state index contributed by atoms with van der Waals surface area (Å²) in [5.41, 5.74) is 3.92. The van der Waals surface area contributed by atoms with Gasteiger partial charge in [-0.1, -0.05) is 104 Å². The number of hydrogen-bond acceptors (Lipinski definition) is 1. The van der Waals surface area contributed by atoms with Gasteiger partial charge in [0.2, 0.25) is 0 Å². The maximum absolute atomic E-state index is 4.39. The van der Waals surface area contributed by atoms with Gasteiger partial charge in [-0.2, -0.15) is 0 Å². The maximum atomic E-state index is 4.39. The fraction of sp³-hybridized carbons (Fsp3) is 0.160. The minimum Gasteiger partial charge on any atom is -0.326 e. The molecule has 4 aromatic rings. The van der Waals surface area contributed by atoms with Gasteiger partial charge >= 0.3 is 0 Å². The number of aromatic nitrogens is 2. The van der Waals surface area contributed by atoms with Crippen molar-refractivity contribution >= 4 is 14.7 Å². The Labute approximate surface area is 169 Å². The molecule has 0 amide bonds. The van der Waals surface area contributed by atoms with E-state index in [1.165, 1.54) is 21.9 Å². The zero-order valence-electron chi connectivity index (χ0n) is 16.3. The van der Waals surface area contributed by atoms with E-state index in [2.05, 4.69) is 115 Å². The Kier molecular flexibility index (Phi) is 5.26. The normalized spacial score (nSPS) is 11.7. The lowest BCUT2D eigenvalue weighted by Crippen LogP contribution is -2.46. The first kappa shape index (κ1) is 18.5. The largest absolute Gasteiger partial charge is 0.326 e. The molecule has 138 valence electrons. The molecule has 28 heavy (non-hydrogen) atoms. The quantitative estimate of drug-likeness (QED) is 0.440. The molecular weight excluding hydrogens is 356 g/mol. The first-order valence-corrected chi connectivity index (χ1v) is 10.7. The Bertz CT molecular complexity index is 969. The molecule has 0 atom stereocenters. The van der Waals surface area contributed by atoms with Crippen LogP contribution in [0.3, 0.4) is 0 Å². The van der Waals surface area contributed by atoms with Crippen LogP contribution in [0.1, 0.15) is 36.5 Å². The Balaban J connectivity index is 1.94. The van der Waals surface area contributed by atoms with Crippen molar-refractivity contribution < 1.29 is 0 Å². The van der Waals surface area contributed by atoms with Gasteiger partial charge in [-0.05, 0) is 22.6 Å². The molecule has 2 radical (unpaired) electrons. The fourth-order valence-corrected chi connectivity index (χ4v) is 5.39. The van der Waals surface area contributed by atoms with E-state index in [1.807, 2.05) is 12.5 Å². The molecule has 3 heteroatoms. The van der Waals surface area contributed by atoms with Gasteiger partial charge < -0.3 is 4.57 Å². The molecular formula is C25H24N2Si. The van der Waals surface area contributed by atoms with Crippen molar-refractivity contribution in [2.24, 2.45) is 0 Å². The topological polar surface area (TPSA) is 17.8 Å². The lowest BCUT2D eigenvalue weighted by molar-refractivity contribution is 0.596. The monoisotopic (exact) mass is 380 g/mol. The van der Waals surface area contributed by atoms with Gasteiger partial charge in [0.1, 0.15) is 9.52 Å². The second-order valence-corrected chi connectivity index (χ2v) is 8.87. The van der Waals surface area contributed by atoms with Gasteiger partial charge in [0, 0.05) is 12.4 Å². The van der Waals surface area contributed by atoms with E-state index in [4.69, 9.17) is 0 Å². The van der Waals surface area contributed by atoms with Crippen LogP contribution in [0.5, 0.6) is 0 Å². The van der Waals surface area contributed by atoms with Gasteiger partial charge in [-0.3, -0.25) is 0 Å². The summed E-state index contributed by atoms with van der Waals surface area (Å²) in [5, 5.41) is 1.03. The second-order valence-electron chi connectivity index (χ2n) is 7.32. The summed E-state index contributed by atoms with van der Waals surface area (Å²) in [6.07, 6.45) is 5.90. The first-order chi connectivity index (χ1) is 13.7. The minimum absolute atomic E-state index is 0.325. The van der Waals surface area contributed by atoms with Gasteiger partial charge in [0.25, 0.3) is 0 Å². The van der Waals surface area contributed by atoms with Crippen LogP contribution >= 0.6 is 0 Å². The molecule has 3 aromatic carbocycles. The molecule has 0 fully saturated rings. The number of benzene rings is 3. The van der Waals surface area contributed by atoms with Crippen LogP contribution in [0.25, 0.3) is 0 Å². The van der Waals surface area contributed by atoms with Crippen molar-refractivity contribution in [3.05, 3.63) is 120 Å². The van der Waals surface area contributed by atoms with E-state index in [-0.39, 0.29) is 5.16 Å². The number of imidazole rings is 1. The molecule has 0 N–H and O–H groups in total. The Morgan fingerprint density at radius 3 is 2.00 bits per heavy atom. The van der Waals surface area contributed by atoms with E-state index >= 15 is 0 Å².